The van der Waals surface area contributed by atoms with Gasteiger partial charge < -0.3 is 4.98 Å². The highest BCUT2D eigenvalue weighted by atomic mass is 16.1. The van der Waals surface area contributed by atoms with Crippen molar-refractivity contribution in [2.75, 3.05) is 0 Å². The Kier molecular flexibility index (Phi) is 2.42. The van der Waals surface area contributed by atoms with E-state index < -0.39 is 0 Å². The number of H-pyrrole nitrogens is 1. The van der Waals surface area contributed by atoms with Crippen LogP contribution in [0.3, 0.4) is 0 Å². The van der Waals surface area contributed by atoms with Crippen molar-refractivity contribution < 1.29 is 4.79 Å². The zero-order chi connectivity index (χ0) is 10.8. The standard InChI is InChI=1S/C13H12NO/c1-9-3-5-11(6-4-9)13(15)12-7-10(2)8-14-12/h3-7,14H,1-2H3. The van der Waals surface area contributed by atoms with Crippen molar-refractivity contribution in [3.63, 3.8) is 0 Å². The molecule has 0 aliphatic rings. The number of hydrogen-bond donors (Lipinski definition) is 1. The number of aryl methyl sites for hydroxylation is 2. The molecule has 75 valence electrons. The SMILES string of the molecule is Cc1[c][nH]c(C(=O)c2ccc(C)cc2)c1. The van der Waals surface area contributed by atoms with Crippen LogP contribution in [-0.2, 0) is 0 Å². The van der Waals surface area contributed by atoms with Gasteiger partial charge in [0.15, 0.2) is 0 Å². The molecule has 0 aliphatic heterocycles. The van der Waals surface area contributed by atoms with Crippen molar-refractivity contribution in [2.45, 2.75) is 13.8 Å². The highest BCUT2D eigenvalue weighted by Gasteiger charge is 2.09. The first-order chi connectivity index (χ1) is 7.16. The second-order valence-electron chi connectivity index (χ2n) is 3.69. The van der Waals surface area contributed by atoms with Crippen molar-refractivity contribution in [1.82, 2.24) is 4.98 Å². The van der Waals surface area contributed by atoms with Gasteiger partial charge in [0.1, 0.15) is 0 Å². The van der Waals surface area contributed by atoms with Crippen molar-refractivity contribution >= 4 is 5.78 Å². The first-order valence-electron chi connectivity index (χ1n) is 4.85. The number of ketones is 1. The van der Waals surface area contributed by atoms with E-state index in [2.05, 4.69) is 11.2 Å². The molecule has 2 heteroatoms. The Morgan fingerprint density at radius 1 is 1.20 bits per heavy atom. The fraction of sp³-hybridized carbons (Fsp3) is 0.154. The molecule has 0 atom stereocenters. The largest absolute Gasteiger partial charge is 0.350 e. The molecule has 1 radical (unpaired) electrons. The number of hydrogen-bond acceptors (Lipinski definition) is 1. The summed E-state index contributed by atoms with van der Waals surface area (Å²) in [7, 11) is 0. The molecule has 1 aromatic heterocycles. The Balaban J connectivity index is 2.32. The maximum absolute atomic E-state index is 11.9. The molecule has 2 aromatic rings. The van der Waals surface area contributed by atoms with Crippen LogP contribution in [0.4, 0.5) is 0 Å². The molecule has 1 N–H and O–H groups in total. The first kappa shape index (κ1) is 9.71. The van der Waals surface area contributed by atoms with Gasteiger partial charge in [-0.25, -0.2) is 0 Å². The topological polar surface area (TPSA) is 32.9 Å². The highest BCUT2D eigenvalue weighted by Crippen LogP contribution is 2.10. The molecule has 0 saturated carbocycles. The van der Waals surface area contributed by atoms with Crippen LogP contribution < -0.4 is 0 Å². The van der Waals surface area contributed by atoms with E-state index >= 15 is 0 Å². The second kappa shape index (κ2) is 3.73. The van der Waals surface area contributed by atoms with Gasteiger partial charge in [0.25, 0.3) is 0 Å². The van der Waals surface area contributed by atoms with E-state index in [0.29, 0.717) is 11.3 Å². The van der Waals surface area contributed by atoms with Crippen LogP contribution in [0, 0.1) is 20.0 Å². The minimum absolute atomic E-state index is 0.0133. The molecule has 2 rings (SSSR count). The lowest BCUT2D eigenvalue weighted by molar-refractivity contribution is 0.103. The summed E-state index contributed by atoms with van der Waals surface area (Å²) < 4.78 is 0. The predicted molar refractivity (Wildman–Crippen MR) is 59.0 cm³/mol. The molecule has 2 nitrogen and oxygen atoms in total. The van der Waals surface area contributed by atoms with E-state index in [9.17, 15) is 4.79 Å². The summed E-state index contributed by atoms with van der Waals surface area (Å²) in [5.74, 6) is 0.0133. The number of benzene rings is 1. The summed E-state index contributed by atoms with van der Waals surface area (Å²) in [5.41, 5.74) is 3.40. The predicted octanol–water partition coefficient (Wildman–Crippen LogP) is 2.66. The quantitative estimate of drug-likeness (QED) is 0.739. The van der Waals surface area contributed by atoms with Gasteiger partial charge in [0.2, 0.25) is 5.78 Å². The molecule has 0 amide bonds. The number of carbonyl (C=O) groups excluding carboxylic acids is 1. The van der Waals surface area contributed by atoms with Crippen molar-refractivity contribution in [3.05, 3.63) is 58.9 Å². The summed E-state index contributed by atoms with van der Waals surface area (Å²) in [6.45, 7) is 3.91. The summed E-state index contributed by atoms with van der Waals surface area (Å²) in [6, 6.07) is 9.36. The fourth-order valence-corrected chi connectivity index (χ4v) is 1.44. The average Bonchev–Trinajstić information content (AvgIpc) is 2.65. The molecule has 15 heavy (non-hydrogen) atoms. The Hall–Kier alpha value is -1.83. The maximum atomic E-state index is 11.9. The van der Waals surface area contributed by atoms with Gasteiger partial charge in [-0.15, -0.1) is 0 Å². The van der Waals surface area contributed by atoms with Crippen LogP contribution in [-0.4, -0.2) is 10.8 Å². The zero-order valence-corrected chi connectivity index (χ0v) is 8.79. The van der Waals surface area contributed by atoms with Gasteiger partial charge in [-0.2, -0.15) is 0 Å². The van der Waals surface area contributed by atoms with E-state index in [1.165, 1.54) is 0 Å². The third-order valence-electron chi connectivity index (χ3n) is 2.31. The maximum Gasteiger partial charge on any atom is 0.209 e. The van der Waals surface area contributed by atoms with Crippen LogP contribution in [0.25, 0.3) is 0 Å². The van der Waals surface area contributed by atoms with E-state index in [1.807, 2.05) is 44.2 Å². The fourth-order valence-electron chi connectivity index (χ4n) is 1.44. The third kappa shape index (κ3) is 1.99. The van der Waals surface area contributed by atoms with Crippen LogP contribution >= 0.6 is 0 Å². The van der Waals surface area contributed by atoms with E-state index in [-0.39, 0.29) is 5.78 Å². The number of aromatic amines is 1. The lowest BCUT2D eigenvalue weighted by Crippen LogP contribution is -2.01. The average molecular weight is 198 g/mol. The van der Waals surface area contributed by atoms with Gasteiger partial charge in [0.05, 0.1) is 11.9 Å². The molecule has 0 bridgehead atoms. The Morgan fingerprint density at radius 3 is 2.40 bits per heavy atom. The molecule has 0 fully saturated rings. The zero-order valence-electron chi connectivity index (χ0n) is 8.79. The Morgan fingerprint density at radius 2 is 1.87 bits per heavy atom. The molecule has 0 saturated heterocycles. The Bertz CT molecular complexity index is 479. The van der Waals surface area contributed by atoms with E-state index in [0.717, 1.165) is 11.1 Å². The number of rotatable bonds is 2. The summed E-state index contributed by atoms with van der Waals surface area (Å²) in [5, 5.41) is 0. The molecule has 1 heterocycles. The molecule has 0 aliphatic carbocycles. The molecule has 1 aromatic carbocycles. The van der Waals surface area contributed by atoms with Gasteiger partial charge >= 0.3 is 0 Å². The minimum atomic E-state index is 0.0133. The van der Waals surface area contributed by atoms with Gasteiger partial charge in [-0.3, -0.25) is 4.79 Å². The van der Waals surface area contributed by atoms with Gasteiger partial charge in [-0.05, 0) is 25.5 Å². The van der Waals surface area contributed by atoms with Crippen molar-refractivity contribution in [2.24, 2.45) is 0 Å². The van der Waals surface area contributed by atoms with Gasteiger partial charge in [0, 0.05) is 5.56 Å². The monoisotopic (exact) mass is 198 g/mol. The number of nitrogens with one attached hydrogen (secondary N) is 1. The molecular weight excluding hydrogens is 186 g/mol. The van der Waals surface area contributed by atoms with Gasteiger partial charge in [-0.1, -0.05) is 29.8 Å². The Labute approximate surface area is 89.0 Å². The van der Waals surface area contributed by atoms with Crippen LogP contribution in [0.15, 0.2) is 30.3 Å². The molecular formula is C13H12NO. The normalized spacial score (nSPS) is 10.3. The second-order valence-corrected chi connectivity index (χ2v) is 3.69. The van der Waals surface area contributed by atoms with Crippen molar-refractivity contribution in [3.8, 4) is 0 Å². The minimum Gasteiger partial charge on any atom is -0.350 e. The van der Waals surface area contributed by atoms with E-state index in [4.69, 9.17) is 0 Å². The summed E-state index contributed by atoms with van der Waals surface area (Å²) in [4.78, 5) is 14.8. The van der Waals surface area contributed by atoms with Crippen LogP contribution in [0.2, 0.25) is 0 Å². The lowest BCUT2D eigenvalue weighted by atomic mass is 10.1. The molecule has 0 unspecified atom stereocenters. The summed E-state index contributed by atoms with van der Waals surface area (Å²) >= 11 is 0. The van der Waals surface area contributed by atoms with E-state index in [1.54, 1.807) is 0 Å². The smallest absolute Gasteiger partial charge is 0.209 e. The summed E-state index contributed by atoms with van der Waals surface area (Å²) in [6.07, 6.45) is 2.88. The third-order valence-corrected chi connectivity index (χ3v) is 2.31. The lowest BCUT2D eigenvalue weighted by Gasteiger charge is -1.98. The number of aromatic nitrogens is 1. The van der Waals surface area contributed by atoms with Crippen LogP contribution in [0.5, 0.6) is 0 Å². The van der Waals surface area contributed by atoms with Crippen LogP contribution in [0.1, 0.15) is 27.2 Å². The first-order valence-corrected chi connectivity index (χ1v) is 4.85. The van der Waals surface area contributed by atoms with Crippen molar-refractivity contribution in [1.29, 1.82) is 0 Å². The molecule has 0 spiro atoms. The number of carbonyl (C=O) groups is 1. The highest BCUT2D eigenvalue weighted by molar-refractivity contribution is 6.07.